The second-order valence-electron chi connectivity index (χ2n) is 4.40. The van der Waals surface area contributed by atoms with Gasteiger partial charge in [-0.05, 0) is 25.2 Å². The summed E-state index contributed by atoms with van der Waals surface area (Å²) in [6.45, 7) is 0.285. The molecular formula is C10H14F3NO. The van der Waals surface area contributed by atoms with Crippen LogP contribution in [0.2, 0.25) is 0 Å². The van der Waals surface area contributed by atoms with E-state index in [-0.39, 0.29) is 12.6 Å². The first kappa shape index (κ1) is 10.8. The van der Waals surface area contributed by atoms with E-state index in [1.54, 1.807) is 0 Å². The predicted octanol–water partition coefficient (Wildman–Crippen LogP) is 2.34. The molecule has 2 nitrogen and oxygen atoms in total. The van der Waals surface area contributed by atoms with Gasteiger partial charge in [-0.2, -0.15) is 13.2 Å². The summed E-state index contributed by atoms with van der Waals surface area (Å²) in [5.74, 6) is -1.33. The summed E-state index contributed by atoms with van der Waals surface area (Å²) in [5, 5.41) is 0. The molecule has 2 rings (SSSR count). The maximum atomic E-state index is 12.3. The molecule has 5 heteroatoms. The fourth-order valence-corrected chi connectivity index (χ4v) is 2.82. The molecule has 86 valence electrons. The molecule has 1 saturated heterocycles. The standard InChI is InChI=1S/C10H14F3NO/c11-10(12,13)9(15)14-6-5-7-3-1-2-4-8(7)14/h7-8H,1-6H2. The number of alkyl halides is 3. The third-order valence-electron chi connectivity index (χ3n) is 3.51. The second-order valence-corrected chi connectivity index (χ2v) is 4.40. The van der Waals surface area contributed by atoms with Crippen molar-refractivity contribution in [2.45, 2.75) is 44.3 Å². The number of hydrogen-bond donors (Lipinski definition) is 0. The molecule has 0 bridgehead atoms. The Labute approximate surface area is 86.4 Å². The maximum absolute atomic E-state index is 12.3. The van der Waals surface area contributed by atoms with E-state index >= 15 is 0 Å². The number of nitrogens with zero attached hydrogens (tertiary/aromatic N) is 1. The van der Waals surface area contributed by atoms with Crippen molar-refractivity contribution in [1.82, 2.24) is 4.90 Å². The topological polar surface area (TPSA) is 20.3 Å². The number of likely N-dealkylation sites (tertiary alicyclic amines) is 1. The Balaban J connectivity index is 2.08. The summed E-state index contributed by atoms with van der Waals surface area (Å²) in [6, 6.07) is -0.145. The number of amides is 1. The zero-order chi connectivity index (χ0) is 11.1. The van der Waals surface area contributed by atoms with Gasteiger partial charge in [0.15, 0.2) is 0 Å². The Morgan fingerprint density at radius 3 is 2.47 bits per heavy atom. The molecule has 15 heavy (non-hydrogen) atoms. The van der Waals surface area contributed by atoms with Gasteiger partial charge in [0.05, 0.1) is 0 Å². The van der Waals surface area contributed by atoms with E-state index in [0.29, 0.717) is 5.92 Å². The summed E-state index contributed by atoms with van der Waals surface area (Å²) in [5.41, 5.74) is 0. The highest BCUT2D eigenvalue weighted by Crippen LogP contribution is 2.37. The molecule has 2 unspecified atom stereocenters. The van der Waals surface area contributed by atoms with E-state index in [0.717, 1.165) is 37.0 Å². The van der Waals surface area contributed by atoms with Crippen LogP contribution in [-0.2, 0) is 4.79 Å². The maximum Gasteiger partial charge on any atom is 0.471 e. The number of fused-ring (bicyclic) bond motifs is 1. The summed E-state index contributed by atoms with van der Waals surface area (Å²) >= 11 is 0. The highest BCUT2D eigenvalue weighted by Gasteiger charge is 2.48. The third kappa shape index (κ3) is 1.96. The van der Waals surface area contributed by atoms with Gasteiger partial charge < -0.3 is 4.90 Å². The molecule has 0 spiro atoms. The van der Waals surface area contributed by atoms with Crippen LogP contribution in [0.15, 0.2) is 0 Å². The Kier molecular flexibility index (Phi) is 2.64. The van der Waals surface area contributed by atoms with Crippen molar-refractivity contribution in [2.24, 2.45) is 5.92 Å². The minimum absolute atomic E-state index is 0.145. The van der Waals surface area contributed by atoms with Crippen LogP contribution in [0, 0.1) is 5.92 Å². The minimum Gasteiger partial charge on any atom is -0.332 e. The first-order valence-electron chi connectivity index (χ1n) is 5.38. The van der Waals surface area contributed by atoms with E-state index < -0.39 is 12.1 Å². The highest BCUT2D eigenvalue weighted by molar-refractivity contribution is 5.82. The smallest absolute Gasteiger partial charge is 0.332 e. The van der Waals surface area contributed by atoms with Gasteiger partial charge in [-0.25, -0.2) is 0 Å². The van der Waals surface area contributed by atoms with Gasteiger partial charge in [0.2, 0.25) is 0 Å². The van der Waals surface area contributed by atoms with Gasteiger partial charge in [0.1, 0.15) is 0 Å². The zero-order valence-corrected chi connectivity index (χ0v) is 8.39. The number of hydrogen-bond acceptors (Lipinski definition) is 1. The molecule has 2 atom stereocenters. The Morgan fingerprint density at radius 1 is 1.13 bits per heavy atom. The van der Waals surface area contributed by atoms with E-state index in [4.69, 9.17) is 0 Å². The van der Waals surface area contributed by atoms with E-state index in [1.807, 2.05) is 0 Å². The molecule has 0 N–H and O–H groups in total. The average Bonchev–Trinajstić information content (AvgIpc) is 2.58. The van der Waals surface area contributed by atoms with Crippen LogP contribution in [0.5, 0.6) is 0 Å². The largest absolute Gasteiger partial charge is 0.471 e. The van der Waals surface area contributed by atoms with Crippen LogP contribution in [-0.4, -0.2) is 29.6 Å². The number of halogens is 3. The molecule has 1 heterocycles. The van der Waals surface area contributed by atoms with Crippen LogP contribution >= 0.6 is 0 Å². The predicted molar refractivity (Wildman–Crippen MR) is 48.1 cm³/mol. The molecular weight excluding hydrogens is 207 g/mol. The van der Waals surface area contributed by atoms with Crippen LogP contribution < -0.4 is 0 Å². The average molecular weight is 221 g/mol. The molecule has 1 amide bonds. The molecule has 1 saturated carbocycles. The molecule has 1 aliphatic heterocycles. The SMILES string of the molecule is O=C(N1CCC2CCCCC21)C(F)(F)F. The van der Waals surface area contributed by atoms with Gasteiger partial charge in [0, 0.05) is 12.6 Å². The Bertz CT molecular complexity index is 264. The van der Waals surface area contributed by atoms with E-state index in [1.165, 1.54) is 0 Å². The van der Waals surface area contributed by atoms with Crippen LogP contribution in [0.3, 0.4) is 0 Å². The second kappa shape index (κ2) is 3.68. The van der Waals surface area contributed by atoms with Crippen LogP contribution in [0.4, 0.5) is 13.2 Å². The summed E-state index contributed by atoms with van der Waals surface area (Å²) < 4.78 is 36.8. The minimum atomic E-state index is -4.70. The van der Waals surface area contributed by atoms with Crippen molar-refractivity contribution in [3.63, 3.8) is 0 Å². The van der Waals surface area contributed by atoms with Crippen LogP contribution in [0.25, 0.3) is 0 Å². The molecule has 0 radical (unpaired) electrons. The summed E-state index contributed by atoms with van der Waals surface area (Å²) in [4.78, 5) is 12.2. The molecule has 0 aromatic rings. The zero-order valence-electron chi connectivity index (χ0n) is 8.39. The summed E-state index contributed by atoms with van der Waals surface area (Å²) in [7, 11) is 0. The lowest BCUT2D eigenvalue weighted by molar-refractivity contribution is -0.187. The Morgan fingerprint density at radius 2 is 1.80 bits per heavy atom. The third-order valence-corrected chi connectivity index (χ3v) is 3.51. The monoisotopic (exact) mass is 221 g/mol. The number of carbonyl (C=O) groups is 1. The molecule has 2 aliphatic rings. The summed E-state index contributed by atoms with van der Waals surface area (Å²) in [6.07, 6.45) is -0.199. The van der Waals surface area contributed by atoms with Gasteiger partial charge in [-0.1, -0.05) is 12.8 Å². The first-order chi connectivity index (χ1) is 7.00. The van der Waals surface area contributed by atoms with Crippen molar-refractivity contribution in [3.05, 3.63) is 0 Å². The highest BCUT2D eigenvalue weighted by atomic mass is 19.4. The molecule has 2 fully saturated rings. The van der Waals surface area contributed by atoms with Gasteiger partial charge >= 0.3 is 12.1 Å². The molecule has 0 aromatic heterocycles. The van der Waals surface area contributed by atoms with Gasteiger partial charge in [0.25, 0.3) is 0 Å². The van der Waals surface area contributed by atoms with Crippen molar-refractivity contribution >= 4 is 5.91 Å². The van der Waals surface area contributed by atoms with Gasteiger partial charge in [-0.3, -0.25) is 4.79 Å². The van der Waals surface area contributed by atoms with Crippen molar-refractivity contribution < 1.29 is 18.0 Å². The van der Waals surface area contributed by atoms with Crippen LogP contribution in [0.1, 0.15) is 32.1 Å². The Hall–Kier alpha value is -0.740. The normalized spacial score (nSPS) is 31.5. The fourth-order valence-electron chi connectivity index (χ4n) is 2.82. The fraction of sp³-hybridized carbons (Fsp3) is 0.900. The number of rotatable bonds is 0. The van der Waals surface area contributed by atoms with Crippen molar-refractivity contribution in [2.75, 3.05) is 6.54 Å². The number of carbonyl (C=O) groups excluding carboxylic acids is 1. The lowest BCUT2D eigenvalue weighted by Gasteiger charge is -2.31. The quantitative estimate of drug-likeness (QED) is 0.614. The lowest BCUT2D eigenvalue weighted by Crippen LogP contribution is -2.45. The van der Waals surface area contributed by atoms with Crippen molar-refractivity contribution in [3.8, 4) is 0 Å². The first-order valence-corrected chi connectivity index (χ1v) is 5.38. The van der Waals surface area contributed by atoms with E-state index in [2.05, 4.69) is 0 Å². The molecule has 0 aromatic carbocycles. The van der Waals surface area contributed by atoms with Gasteiger partial charge in [-0.15, -0.1) is 0 Å². The van der Waals surface area contributed by atoms with Crippen molar-refractivity contribution in [1.29, 1.82) is 0 Å². The lowest BCUT2D eigenvalue weighted by atomic mass is 9.85. The van der Waals surface area contributed by atoms with E-state index in [9.17, 15) is 18.0 Å². The molecule has 1 aliphatic carbocycles.